The number of carboxylic acids is 4. The van der Waals surface area contributed by atoms with E-state index in [1.807, 2.05) is 92.3 Å². The number of rotatable bonds is 31. The van der Waals surface area contributed by atoms with Crippen LogP contribution < -0.4 is 33.7 Å². The molecule has 0 amide bonds. The van der Waals surface area contributed by atoms with Gasteiger partial charge in [-0.25, -0.2) is 15.0 Å². The molecule has 84 heavy (non-hydrogen) atoms. The molecule has 2 aliphatic rings. The number of imidazole rings is 1. The molecule has 6 heterocycles. The van der Waals surface area contributed by atoms with E-state index in [4.69, 9.17) is 43.6 Å². The molecule has 19 nitrogen and oxygen atoms in total. The Kier molecular flexibility index (Phi) is 21.7. The summed E-state index contributed by atoms with van der Waals surface area (Å²) in [6, 6.07) is 25.9. The van der Waals surface area contributed by atoms with Gasteiger partial charge in [0, 0.05) is 55.7 Å². The van der Waals surface area contributed by atoms with Crippen LogP contribution in [0.25, 0.3) is 79.8 Å². The van der Waals surface area contributed by atoms with Crippen LogP contribution in [0.3, 0.4) is 0 Å². The van der Waals surface area contributed by atoms with Gasteiger partial charge in [0.1, 0.15) is 28.7 Å². The number of hydrogen-bond acceptors (Lipinski definition) is 12. The molecule has 0 fully saturated rings. The third kappa shape index (κ3) is 16.2. The van der Waals surface area contributed by atoms with E-state index in [1.165, 1.54) is 0 Å². The van der Waals surface area contributed by atoms with E-state index in [1.54, 1.807) is 42.6 Å². The van der Waals surface area contributed by atoms with E-state index in [2.05, 4.69) is 9.55 Å². The molecule has 0 spiro atoms. The molecule has 430 valence electrons. The third-order valence-electron chi connectivity index (χ3n) is 13.7. The molecule has 0 saturated carbocycles. The number of carboxylic acid groups (broad SMARTS) is 4. The standard InChI is InChI=1S/C64H66N6O13.Zn/c1-41-20-21-42(38-55(41)83-33-5-3-2-4-31-70-32-30-65-40-70)60-45-26-28-49(68-45)61(63-51(79-34-8-16-56(71)72)12-6-13-52(63)80-35-9-17-57(73)74)47-24-22-43(66-47)39-44-23-25-48(67-44)62(50-29-27-46(60)69-50)64-53(81-36-10-18-58(75)76)14-7-15-54(64)82-37-11-19-59(77)78;/h6-7,12-15,20-30,32,38-40H,2-5,8-11,16-19,31,33-37H2,1H3,(H6,66,67,68,69,71,72,73,74,75,76,77,78);/q;+2/p-2. The second-order valence-corrected chi connectivity index (χ2v) is 19.9. The molecule has 2 aliphatic heterocycles. The summed E-state index contributed by atoms with van der Waals surface area (Å²) in [5.41, 5.74) is 8.43. The molecular weight excluding hydrogens is 1130 g/mol. The van der Waals surface area contributed by atoms with Crippen LogP contribution in [0, 0.1) is 6.92 Å². The Morgan fingerprint density at radius 3 is 1.48 bits per heavy atom. The Hall–Kier alpha value is -9.03. The zero-order valence-corrected chi connectivity index (χ0v) is 49.7. The Bertz CT molecular complexity index is 3530. The maximum absolute atomic E-state index is 11.6. The van der Waals surface area contributed by atoms with Crippen molar-refractivity contribution < 1.29 is 82.8 Å². The average molecular weight is 1190 g/mol. The van der Waals surface area contributed by atoms with E-state index in [0.29, 0.717) is 108 Å². The summed E-state index contributed by atoms with van der Waals surface area (Å²) >= 11 is 0. The quantitative estimate of drug-likeness (QED) is 0.0232. The van der Waals surface area contributed by atoms with Gasteiger partial charge < -0.3 is 58.6 Å². The molecule has 0 saturated heterocycles. The molecule has 0 atom stereocenters. The number of ether oxygens (including phenoxy) is 5. The molecule has 0 radical (unpaired) electrons. The van der Waals surface area contributed by atoms with Gasteiger partial charge >= 0.3 is 43.4 Å². The summed E-state index contributed by atoms with van der Waals surface area (Å²) in [6.07, 6.45) is 17.4. The van der Waals surface area contributed by atoms with Gasteiger partial charge in [0.2, 0.25) is 0 Å². The maximum atomic E-state index is 11.6. The van der Waals surface area contributed by atoms with Crippen molar-refractivity contribution in [1.29, 1.82) is 0 Å². The van der Waals surface area contributed by atoms with Crippen LogP contribution in [-0.4, -0.2) is 96.9 Å². The monoisotopic (exact) mass is 1190 g/mol. The molecule has 4 N–H and O–H groups in total. The van der Waals surface area contributed by atoms with Crippen molar-refractivity contribution >= 4 is 70.2 Å². The van der Waals surface area contributed by atoms with Crippen LogP contribution in [0.2, 0.25) is 0 Å². The fourth-order valence-corrected chi connectivity index (χ4v) is 9.71. The number of aromatic nitrogens is 6. The summed E-state index contributed by atoms with van der Waals surface area (Å²) in [5.74, 6) is -1.64. The van der Waals surface area contributed by atoms with Crippen molar-refractivity contribution in [3.8, 4) is 62.1 Å². The van der Waals surface area contributed by atoms with Crippen molar-refractivity contribution in [3.05, 3.63) is 132 Å². The van der Waals surface area contributed by atoms with Crippen molar-refractivity contribution in [2.24, 2.45) is 0 Å². The largest absolute Gasteiger partial charge is 2.00 e. The number of aryl methyl sites for hydroxylation is 2. The van der Waals surface area contributed by atoms with Crippen LogP contribution in [0.1, 0.15) is 105 Å². The first-order valence-corrected chi connectivity index (χ1v) is 27.8. The summed E-state index contributed by atoms with van der Waals surface area (Å²) in [5, 5.41) is 37.9. The van der Waals surface area contributed by atoms with Gasteiger partial charge in [-0.3, -0.25) is 19.2 Å². The van der Waals surface area contributed by atoms with Crippen molar-refractivity contribution in [1.82, 2.24) is 29.5 Å². The molecule has 7 aromatic rings. The minimum Gasteiger partial charge on any atom is -0.657 e. The molecule has 0 aliphatic carbocycles. The van der Waals surface area contributed by atoms with Crippen LogP contribution >= 0.6 is 0 Å². The number of benzene rings is 3. The minimum absolute atomic E-state index is 0. The first kappa shape index (κ1) is 61.1. The van der Waals surface area contributed by atoms with Gasteiger partial charge in [-0.2, -0.15) is 0 Å². The normalized spacial score (nSPS) is 11.5. The number of carbonyl (C=O) groups is 4. The number of aliphatic carboxylic acids is 4. The molecular formula is C64H64N6O13Zn. The van der Waals surface area contributed by atoms with Crippen LogP contribution in [-0.2, 0) is 45.2 Å². The predicted molar refractivity (Wildman–Crippen MR) is 313 cm³/mol. The minimum atomic E-state index is -0.957. The maximum Gasteiger partial charge on any atom is 2.00 e. The van der Waals surface area contributed by atoms with E-state index in [0.717, 1.165) is 43.4 Å². The van der Waals surface area contributed by atoms with E-state index < -0.39 is 23.9 Å². The predicted octanol–water partition coefficient (Wildman–Crippen LogP) is 12.0. The first-order chi connectivity index (χ1) is 40.4. The van der Waals surface area contributed by atoms with Gasteiger partial charge in [0.05, 0.1) is 73.3 Å². The van der Waals surface area contributed by atoms with E-state index in [9.17, 15) is 39.6 Å². The number of unbranched alkanes of at least 4 members (excludes halogenated alkanes) is 3. The zero-order chi connectivity index (χ0) is 58.1. The molecule has 0 unspecified atom stereocenters. The van der Waals surface area contributed by atoms with Crippen LogP contribution in [0.15, 0.2) is 104 Å². The van der Waals surface area contributed by atoms with Crippen molar-refractivity contribution in [2.75, 3.05) is 33.0 Å². The van der Waals surface area contributed by atoms with Gasteiger partial charge in [0.25, 0.3) is 0 Å². The van der Waals surface area contributed by atoms with Crippen molar-refractivity contribution in [2.45, 2.75) is 90.5 Å². The fourth-order valence-electron chi connectivity index (χ4n) is 9.71. The smallest absolute Gasteiger partial charge is 0.657 e. The Labute approximate surface area is 497 Å². The average Bonchev–Trinajstić information content (AvgIpc) is 3.31. The molecule has 20 heteroatoms. The molecule has 3 aromatic carbocycles. The number of hydrogen-bond donors (Lipinski definition) is 4. The summed E-state index contributed by atoms with van der Waals surface area (Å²) in [4.78, 5) is 71.6. The molecule has 4 aromatic heterocycles. The first-order valence-electron chi connectivity index (χ1n) is 27.8. The SMILES string of the molecule is Cc1ccc(-c2c3nc(c(-c4c(OCCCC(=O)O)cccc4OCCCC(=O)O)c4ccc(cc5nc(c(-c6c(OCCCC(=O)O)cccc6OCCCC(=O)O)c6ccc2[n-]6)C=C5)[n-]4)C=C3)cc1OCCCCCCn1ccnc1.[Zn+2]. The van der Waals surface area contributed by atoms with Crippen LogP contribution in [0.5, 0.6) is 28.7 Å². The summed E-state index contributed by atoms with van der Waals surface area (Å²) in [7, 11) is 0. The Morgan fingerprint density at radius 1 is 0.476 bits per heavy atom. The Morgan fingerprint density at radius 2 is 0.940 bits per heavy atom. The topological polar surface area (TPSA) is 267 Å². The van der Waals surface area contributed by atoms with Gasteiger partial charge in [-0.1, -0.05) is 67.4 Å². The number of nitrogens with zero attached hydrogens (tertiary/aromatic N) is 6. The summed E-state index contributed by atoms with van der Waals surface area (Å²) in [6.45, 7) is 3.67. The van der Waals surface area contributed by atoms with Gasteiger partial charge in [0.15, 0.2) is 0 Å². The van der Waals surface area contributed by atoms with Gasteiger partial charge in [-0.15, -0.1) is 22.1 Å². The van der Waals surface area contributed by atoms with E-state index >= 15 is 0 Å². The molecule has 8 bridgehead atoms. The Balaban J connectivity index is 0.00000920. The van der Waals surface area contributed by atoms with E-state index in [-0.39, 0.29) is 97.3 Å². The van der Waals surface area contributed by atoms with Crippen LogP contribution in [0.4, 0.5) is 0 Å². The van der Waals surface area contributed by atoms with Crippen molar-refractivity contribution in [3.63, 3.8) is 0 Å². The summed E-state index contributed by atoms with van der Waals surface area (Å²) < 4.78 is 34.2. The molecule has 9 rings (SSSR count). The van der Waals surface area contributed by atoms with Gasteiger partial charge in [-0.05, 0) is 117 Å². The number of fused-ring (bicyclic) bond motifs is 8. The second kappa shape index (κ2) is 29.8. The second-order valence-electron chi connectivity index (χ2n) is 19.9. The fraction of sp³-hybridized carbons (Fsp3) is 0.297. The zero-order valence-electron chi connectivity index (χ0n) is 46.7. The third-order valence-corrected chi connectivity index (χ3v) is 13.7.